The van der Waals surface area contributed by atoms with Gasteiger partial charge in [-0.1, -0.05) is 19.8 Å². The number of nitrogens with one attached hydrogen (secondary N) is 1. The fraction of sp³-hybridized carbons (Fsp3) is 0.538. The molecule has 0 radical (unpaired) electrons. The molecule has 3 aliphatic rings. The Morgan fingerprint density at radius 1 is 1.26 bits per heavy atom. The lowest BCUT2D eigenvalue weighted by Crippen LogP contribution is -2.55. The first-order valence-electron chi connectivity index (χ1n) is 12.3. The number of ether oxygens (including phenoxy) is 1. The Morgan fingerprint density at radius 2 is 2.00 bits per heavy atom. The number of carbonyl (C=O) groups excluding carboxylic acids is 2. The molecular weight excluding hydrogens is 430 g/mol. The smallest absolute Gasteiger partial charge is 0.249 e. The molecule has 0 spiro atoms. The second-order valence-electron chi connectivity index (χ2n) is 10.3. The third-order valence-corrected chi connectivity index (χ3v) is 7.28. The van der Waals surface area contributed by atoms with E-state index in [0.29, 0.717) is 29.7 Å². The van der Waals surface area contributed by atoms with Crippen LogP contribution in [-0.2, 0) is 11.2 Å². The van der Waals surface area contributed by atoms with Crippen molar-refractivity contribution < 1.29 is 14.3 Å². The van der Waals surface area contributed by atoms with Crippen molar-refractivity contribution in [2.24, 2.45) is 0 Å². The minimum Gasteiger partial charge on any atom is -0.485 e. The Balaban J connectivity index is 1.55. The van der Waals surface area contributed by atoms with E-state index < -0.39 is 5.60 Å². The van der Waals surface area contributed by atoms with E-state index in [9.17, 15) is 9.59 Å². The Bertz CT molecular complexity index is 1160. The first-order chi connectivity index (χ1) is 16.2. The van der Waals surface area contributed by atoms with E-state index in [0.717, 1.165) is 42.0 Å². The summed E-state index contributed by atoms with van der Waals surface area (Å²) in [7, 11) is 1.80. The van der Waals surface area contributed by atoms with E-state index in [1.807, 2.05) is 26.0 Å². The highest BCUT2D eigenvalue weighted by atomic mass is 16.5. The molecule has 0 saturated heterocycles. The van der Waals surface area contributed by atoms with Crippen LogP contribution in [0.25, 0.3) is 0 Å². The summed E-state index contributed by atoms with van der Waals surface area (Å²) in [6, 6.07) is 3.80. The standard InChI is InChI=1S/C26H33N5O3/c1-6-20-24(33)30(5)21-14-27-25(29-23(21)31(20)16-9-7-8-10-16)28-19-12-11-17(15(2)32)18-13-26(3,4)34-22(18)19/h11-12,14,16,20H,6-10,13H2,1-5H3,(H,27,28,29). The second kappa shape index (κ2) is 8.25. The molecular formula is C26H33N5O3. The van der Waals surface area contributed by atoms with E-state index in [4.69, 9.17) is 9.72 Å². The summed E-state index contributed by atoms with van der Waals surface area (Å²) in [6.07, 6.45) is 7.62. The third-order valence-electron chi connectivity index (χ3n) is 7.28. The Kier molecular flexibility index (Phi) is 5.49. The maximum atomic E-state index is 13.1. The van der Waals surface area contributed by atoms with Gasteiger partial charge >= 0.3 is 0 Å². The molecule has 2 aromatic rings. The van der Waals surface area contributed by atoms with Crippen LogP contribution in [0.1, 0.15) is 75.7 Å². The number of Topliss-reactive ketones (excluding diaryl/α,β-unsaturated/α-hetero) is 1. The zero-order chi connectivity index (χ0) is 24.2. The van der Waals surface area contributed by atoms with E-state index in [1.54, 1.807) is 25.1 Å². The van der Waals surface area contributed by atoms with Crippen LogP contribution in [0, 0.1) is 0 Å². The molecule has 1 unspecified atom stereocenters. The fourth-order valence-electron chi connectivity index (χ4n) is 5.65. The number of amides is 1. The first kappa shape index (κ1) is 22.6. The number of nitrogens with zero attached hydrogens (tertiary/aromatic N) is 4. The number of ketones is 1. The van der Waals surface area contributed by atoms with Gasteiger partial charge < -0.3 is 19.9 Å². The van der Waals surface area contributed by atoms with Crippen molar-refractivity contribution in [3.63, 3.8) is 0 Å². The highest BCUT2D eigenvalue weighted by Gasteiger charge is 2.41. The zero-order valence-electron chi connectivity index (χ0n) is 20.6. The van der Waals surface area contributed by atoms with Crippen LogP contribution in [0.4, 0.5) is 23.1 Å². The molecule has 5 rings (SSSR count). The number of hydrogen-bond acceptors (Lipinski definition) is 7. The molecule has 1 saturated carbocycles. The summed E-state index contributed by atoms with van der Waals surface area (Å²) in [5.41, 5.74) is 2.70. The van der Waals surface area contributed by atoms with Crippen LogP contribution >= 0.6 is 0 Å². The summed E-state index contributed by atoms with van der Waals surface area (Å²) in [5, 5.41) is 3.34. The molecule has 8 nitrogen and oxygen atoms in total. The summed E-state index contributed by atoms with van der Waals surface area (Å²) in [4.78, 5) is 38.7. The molecule has 2 aliphatic heterocycles. The van der Waals surface area contributed by atoms with Crippen molar-refractivity contribution in [3.8, 4) is 5.75 Å². The summed E-state index contributed by atoms with van der Waals surface area (Å²) in [5.74, 6) is 2.06. The Labute approximate surface area is 200 Å². The predicted molar refractivity (Wildman–Crippen MR) is 132 cm³/mol. The van der Waals surface area contributed by atoms with E-state index in [-0.39, 0.29) is 17.7 Å². The molecule has 180 valence electrons. The zero-order valence-corrected chi connectivity index (χ0v) is 20.6. The van der Waals surface area contributed by atoms with Gasteiger partial charge in [0.15, 0.2) is 11.6 Å². The molecule has 1 atom stereocenters. The quantitative estimate of drug-likeness (QED) is 0.646. The van der Waals surface area contributed by atoms with Crippen molar-refractivity contribution in [3.05, 3.63) is 29.5 Å². The van der Waals surface area contributed by atoms with Crippen molar-refractivity contribution in [1.82, 2.24) is 9.97 Å². The molecule has 1 aliphatic carbocycles. The number of likely N-dealkylation sites (N-methyl/N-ethyl adjacent to an activating group) is 1. The summed E-state index contributed by atoms with van der Waals surface area (Å²) < 4.78 is 6.24. The van der Waals surface area contributed by atoms with Crippen LogP contribution in [-0.4, -0.2) is 46.4 Å². The molecule has 1 fully saturated rings. The molecule has 1 amide bonds. The minimum absolute atomic E-state index is 0.0275. The van der Waals surface area contributed by atoms with E-state index >= 15 is 0 Å². The summed E-state index contributed by atoms with van der Waals surface area (Å²) in [6.45, 7) is 7.68. The van der Waals surface area contributed by atoms with Gasteiger partial charge in [0.2, 0.25) is 11.9 Å². The number of aromatic nitrogens is 2. The van der Waals surface area contributed by atoms with Gasteiger partial charge in [-0.15, -0.1) is 0 Å². The Morgan fingerprint density at radius 3 is 2.68 bits per heavy atom. The lowest BCUT2D eigenvalue weighted by Gasteiger charge is -2.43. The lowest BCUT2D eigenvalue weighted by molar-refractivity contribution is -0.120. The molecule has 1 N–H and O–H groups in total. The Hall–Kier alpha value is -3.16. The van der Waals surface area contributed by atoms with Gasteiger partial charge in [0.05, 0.1) is 11.9 Å². The molecule has 0 bridgehead atoms. The van der Waals surface area contributed by atoms with Crippen LogP contribution in [0.5, 0.6) is 5.75 Å². The maximum Gasteiger partial charge on any atom is 0.249 e. The van der Waals surface area contributed by atoms with Crippen molar-refractivity contribution >= 4 is 34.8 Å². The lowest BCUT2D eigenvalue weighted by atomic mass is 9.95. The predicted octanol–water partition coefficient (Wildman–Crippen LogP) is 4.64. The molecule has 1 aromatic heterocycles. The fourth-order valence-corrected chi connectivity index (χ4v) is 5.65. The third kappa shape index (κ3) is 3.69. The van der Waals surface area contributed by atoms with E-state index in [1.165, 1.54) is 12.8 Å². The average Bonchev–Trinajstić information content (AvgIpc) is 3.43. The van der Waals surface area contributed by atoms with Crippen molar-refractivity contribution in [2.75, 3.05) is 22.2 Å². The number of hydrogen-bond donors (Lipinski definition) is 1. The number of rotatable bonds is 5. The van der Waals surface area contributed by atoms with Gasteiger partial charge in [-0.25, -0.2) is 4.98 Å². The first-order valence-corrected chi connectivity index (χ1v) is 12.3. The maximum absolute atomic E-state index is 13.1. The van der Waals surface area contributed by atoms with Gasteiger partial charge in [0, 0.05) is 30.6 Å². The van der Waals surface area contributed by atoms with Gasteiger partial charge in [-0.3, -0.25) is 9.59 Å². The van der Waals surface area contributed by atoms with Gasteiger partial charge in [0.25, 0.3) is 0 Å². The van der Waals surface area contributed by atoms with Gasteiger partial charge in [-0.05, 0) is 52.2 Å². The molecule has 8 heteroatoms. The number of benzene rings is 1. The minimum atomic E-state index is -0.391. The highest BCUT2D eigenvalue weighted by molar-refractivity contribution is 6.04. The average molecular weight is 464 g/mol. The normalized spacial score (nSPS) is 21.3. The summed E-state index contributed by atoms with van der Waals surface area (Å²) >= 11 is 0. The number of carbonyl (C=O) groups is 2. The van der Waals surface area contributed by atoms with Crippen LogP contribution in [0.3, 0.4) is 0 Å². The topological polar surface area (TPSA) is 87.7 Å². The van der Waals surface area contributed by atoms with Gasteiger partial charge in [-0.2, -0.15) is 4.98 Å². The number of fused-ring (bicyclic) bond motifs is 2. The van der Waals surface area contributed by atoms with Gasteiger partial charge in [0.1, 0.15) is 23.1 Å². The van der Waals surface area contributed by atoms with Crippen LogP contribution < -0.4 is 19.9 Å². The molecule has 3 heterocycles. The second-order valence-corrected chi connectivity index (χ2v) is 10.3. The van der Waals surface area contributed by atoms with Crippen molar-refractivity contribution in [2.45, 2.75) is 83.9 Å². The van der Waals surface area contributed by atoms with Crippen molar-refractivity contribution in [1.29, 1.82) is 0 Å². The highest BCUT2D eigenvalue weighted by Crippen LogP contribution is 2.44. The molecule has 1 aromatic carbocycles. The SMILES string of the molecule is CCC1C(=O)N(C)c2cnc(Nc3ccc(C(C)=O)c4c3OC(C)(C)C4)nc2N1C1CCCC1. The van der Waals surface area contributed by atoms with Crippen LogP contribution in [0.2, 0.25) is 0 Å². The monoisotopic (exact) mass is 463 g/mol. The largest absolute Gasteiger partial charge is 0.485 e. The van der Waals surface area contributed by atoms with Crippen LogP contribution in [0.15, 0.2) is 18.3 Å². The molecule has 34 heavy (non-hydrogen) atoms. The van der Waals surface area contributed by atoms with E-state index in [2.05, 4.69) is 22.1 Å². The number of anilines is 4.